The van der Waals surface area contributed by atoms with E-state index in [9.17, 15) is 4.79 Å². The van der Waals surface area contributed by atoms with Gasteiger partial charge in [-0.25, -0.2) is 4.98 Å². The fourth-order valence-electron chi connectivity index (χ4n) is 3.36. The largest absolute Gasteiger partial charge is 0.357 e. The van der Waals surface area contributed by atoms with E-state index >= 15 is 0 Å². The molecule has 1 aromatic carbocycles. The van der Waals surface area contributed by atoms with Gasteiger partial charge in [-0.3, -0.25) is 9.78 Å². The van der Waals surface area contributed by atoms with Crippen molar-refractivity contribution in [1.29, 1.82) is 0 Å². The maximum absolute atomic E-state index is 12.9. The lowest BCUT2D eigenvalue weighted by Gasteiger charge is -2.23. The number of nitrogens with zero attached hydrogens (tertiary/aromatic N) is 3. The lowest BCUT2D eigenvalue weighted by atomic mass is 10.1. The lowest BCUT2D eigenvalue weighted by Crippen LogP contribution is -2.26. The first kappa shape index (κ1) is 21.8. The maximum Gasteiger partial charge on any atom is 0.257 e. The summed E-state index contributed by atoms with van der Waals surface area (Å²) in [4.78, 5) is 24.2. The number of pyridine rings is 2. The number of rotatable bonds is 8. The molecule has 0 atom stereocenters. The topological polar surface area (TPSA) is 58.1 Å². The first-order valence-electron chi connectivity index (χ1n) is 10.3. The van der Waals surface area contributed by atoms with Crippen molar-refractivity contribution in [3.05, 3.63) is 71.0 Å². The quantitative estimate of drug-likeness (QED) is 0.484. The Morgan fingerprint density at radius 3 is 2.47 bits per heavy atom. The molecule has 0 aliphatic heterocycles. The Kier molecular flexibility index (Phi) is 7.41. The summed E-state index contributed by atoms with van der Waals surface area (Å²) in [5.41, 5.74) is 3.46. The first-order valence-corrected chi connectivity index (χ1v) is 10.7. The predicted octanol–water partition coefficient (Wildman–Crippen LogP) is 5.98. The van der Waals surface area contributed by atoms with E-state index in [1.165, 1.54) is 0 Å². The SMILES string of the molecule is CCCN(CCC)c1ccc(C(=O)Nc2ccc(Cl)c(-c3ccccn3)c2)c(C)n1. The molecular weight excluding hydrogens is 396 g/mol. The average molecular weight is 423 g/mol. The van der Waals surface area contributed by atoms with E-state index in [1.807, 2.05) is 43.3 Å². The third-order valence-corrected chi connectivity index (χ3v) is 5.12. The van der Waals surface area contributed by atoms with Crippen LogP contribution in [0.3, 0.4) is 0 Å². The molecule has 156 valence electrons. The summed E-state index contributed by atoms with van der Waals surface area (Å²) >= 11 is 6.34. The van der Waals surface area contributed by atoms with Gasteiger partial charge in [0.1, 0.15) is 5.82 Å². The van der Waals surface area contributed by atoms with Crippen molar-refractivity contribution in [2.45, 2.75) is 33.6 Å². The van der Waals surface area contributed by atoms with Crippen molar-refractivity contribution in [2.24, 2.45) is 0 Å². The second kappa shape index (κ2) is 10.2. The molecule has 0 aliphatic carbocycles. The highest BCUT2D eigenvalue weighted by molar-refractivity contribution is 6.33. The van der Waals surface area contributed by atoms with Crippen molar-refractivity contribution >= 4 is 29.0 Å². The molecule has 0 saturated carbocycles. The number of hydrogen-bond acceptors (Lipinski definition) is 4. The van der Waals surface area contributed by atoms with Gasteiger partial charge in [0.05, 0.1) is 22.0 Å². The molecule has 3 aromatic rings. The Morgan fingerprint density at radius 2 is 1.83 bits per heavy atom. The molecule has 3 rings (SSSR count). The summed E-state index contributed by atoms with van der Waals surface area (Å²) in [6, 6.07) is 14.8. The number of aromatic nitrogens is 2. The zero-order valence-electron chi connectivity index (χ0n) is 17.7. The summed E-state index contributed by atoms with van der Waals surface area (Å²) in [6.45, 7) is 8.08. The van der Waals surface area contributed by atoms with Crippen molar-refractivity contribution in [3.63, 3.8) is 0 Å². The molecule has 1 N–H and O–H groups in total. The fourth-order valence-corrected chi connectivity index (χ4v) is 3.58. The van der Waals surface area contributed by atoms with Gasteiger partial charge in [0.25, 0.3) is 5.91 Å². The number of halogens is 1. The Labute approximate surface area is 183 Å². The molecule has 30 heavy (non-hydrogen) atoms. The summed E-state index contributed by atoms with van der Waals surface area (Å²) in [6.07, 6.45) is 3.82. The Bertz CT molecular complexity index is 1000. The van der Waals surface area contributed by atoms with Gasteiger partial charge in [-0.1, -0.05) is 31.5 Å². The van der Waals surface area contributed by atoms with Gasteiger partial charge in [0.15, 0.2) is 0 Å². The van der Waals surface area contributed by atoms with Gasteiger partial charge in [-0.2, -0.15) is 0 Å². The number of hydrogen-bond donors (Lipinski definition) is 1. The highest BCUT2D eigenvalue weighted by Gasteiger charge is 2.15. The van der Waals surface area contributed by atoms with Crippen LogP contribution in [0.1, 0.15) is 42.7 Å². The van der Waals surface area contributed by atoms with E-state index in [0.717, 1.165) is 43.0 Å². The lowest BCUT2D eigenvalue weighted by molar-refractivity contribution is 0.102. The maximum atomic E-state index is 12.9. The summed E-state index contributed by atoms with van der Waals surface area (Å²) in [5.74, 6) is 0.718. The first-order chi connectivity index (χ1) is 14.5. The van der Waals surface area contributed by atoms with Gasteiger partial charge in [0.2, 0.25) is 0 Å². The van der Waals surface area contributed by atoms with E-state index in [0.29, 0.717) is 22.0 Å². The second-order valence-corrected chi connectivity index (χ2v) is 7.56. The highest BCUT2D eigenvalue weighted by atomic mass is 35.5. The van der Waals surface area contributed by atoms with E-state index < -0.39 is 0 Å². The third kappa shape index (κ3) is 5.16. The van der Waals surface area contributed by atoms with Gasteiger partial charge >= 0.3 is 0 Å². The molecule has 2 heterocycles. The third-order valence-electron chi connectivity index (χ3n) is 4.79. The Balaban J connectivity index is 1.81. The molecule has 0 fully saturated rings. The molecule has 5 nitrogen and oxygen atoms in total. The van der Waals surface area contributed by atoms with Crippen LogP contribution in [0.2, 0.25) is 5.02 Å². The number of anilines is 2. The van der Waals surface area contributed by atoms with Crippen LogP contribution in [0.15, 0.2) is 54.7 Å². The van der Waals surface area contributed by atoms with Gasteiger partial charge in [0, 0.05) is 30.5 Å². The molecule has 0 bridgehead atoms. The molecule has 0 unspecified atom stereocenters. The number of carbonyl (C=O) groups is 1. The van der Waals surface area contributed by atoms with Gasteiger partial charge in [-0.15, -0.1) is 0 Å². The Morgan fingerprint density at radius 1 is 1.07 bits per heavy atom. The van der Waals surface area contributed by atoms with Crippen molar-refractivity contribution in [3.8, 4) is 11.3 Å². The second-order valence-electron chi connectivity index (χ2n) is 7.15. The summed E-state index contributed by atoms with van der Waals surface area (Å²) in [7, 11) is 0. The van der Waals surface area contributed by atoms with E-state index in [1.54, 1.807) is 18.3 Å². The van der Waals surface area contributed by atoms with Crippen LogP contribution in [-0.2, 0) is 0 Å². The molecule has 6 heteroatoms. The molecule has 0 radical (unpaired) electrons. The van der Waals surface area contributed by atoms with E-state index in [2.05, 4.69) is 34.0 Å². The minimum atomic E-state index is -0.196. The molecular formula is C24H27ClN4O. The zero-order valence-corrected chi connectivity index (χ0v) is 18.4. The molecule has 1 amide bonds. The van der Waals surface area contributed by atoms with Crippen molar-refractivity contribution in [1.82, 2.24) is 9.97 Å². The minimum Gasteiger partial charge on any atom is -0.357 e. The van der Waals surface area contributed by atoms with Gasteiger partial charge in [-0.05, 0) is 62.2 Å². The number of aryl methyl sites for hydroxylation is 1. The van der Waals surface area contributed by atoms with Crippen LogP contribution < -0.4 is 10.2 Å². The van der Waals surface area contributed by atoms with Crippen molar-refractivity contribution < 1.29 is 4.79 Å². The molecule has 0 aliphatic rings. The average Bonchev–Trinajstić information content (AvgIpc) is 2.75. The summed E-state index contributed by atoms with van der Waals surface area (Å²) < 4.78 is 0. The number of benzene rings is 1. The standard InChI is InChI=1S/C24H27ClN4O/c1-4-14-29(15-5-2)23-12-10-19(17(3)27-23)24(30)28-18-9-11-21(25)20(16-18)22-8-6-7-13-26-22/h6-13,16H,4-5,14-15H2,1-3H3,(H,28,30). The van der Waals surface area contributed by atoms with Crippen molar-refractivity contribution in [2.75, 3.05) is 23.3 Å². The van der Waals surface area contributed by atoms with E-state index in [4.69, 9.17) is 11.6 Å². The monoisotopic (exact) mass is 422 g/mol. The smallest absolute Gasteiger partial charge is 0.257 e. The highest BCUT2D eigenvalue weighted by Crippen LogP contribution is 2.29. The van der Waals surface area contributed by atoms with Crippen LogP contribution >= 0.6 is 11.6 Å². The minimum absolute atomic E-state index is 0.196. The Hall–Kier alpha value is -2.92. The molecule has 0 spiro atoms. The van der Waals surface area contributed by atoms with Crippen LogP contribution in [0.25, 0.3) is 11.3 Å². The van der Waals surface area contributed by atoms with Crippen LogP contribution in [0.4, 0.5) is 11.5 Å². The van der Waals surface area contributed by atoms with E-state index in [-0.39, 0.29) is 5.91 Å². The van der Waals surface area contributed by atoms with Gasteiger partial charge < -0.3 is 10.2 Å². The predicted molar refractivity (Wildman–Crippen MR) is 124 cm³/mol. The van der Waals surface area contributed by atoms with Crippen LogP contribution in [0.5, 0.6) is 0 Å². The number of amides is 1. The summed E-state index contributed by atoms with van der Waals surface area (Å²) in [5, 5.41) is 3.54. The van der Waals surface area contributed by atoms with Crippen LogP contribution in [-0.4, -0.2) is 29.0 Å². The zero-order chi connectivity index (χ0) is 21.5. The number of carbonyl (C=O) groups excluding carboxylic acids is 1. The fraction of sp³-hybridized carbons (Fsp3) is 0.292. The molecule has 0 saturated heterocycles. The molecule has 2 aromatic heterocycles. The number of nitrogens with one attached hydrogen (secondary N) is 1. The normalized spacial score (nSPS) is 10.7. The van der Waals surface area contributed by atoms with Crippen LogP contribution in [0, 0.1) is 6.92 Å².